The summed E-state index contributed by atoms with van der Waals surface area (Å²) in [5.41, 5.74) is 0.753. The Balaban J connectivity index is 2.31. The summed E-state index contributed by atoms with van der Waals surface area (Å²) in [7, 11) is -5.50. The minimum absolute atomic E-state index is 0.0942. The summed E-state index contributed by atoms with van der Waals surface area (Å²) in [5, 5.41) is 0. The first-order valence-electron chi connectivity index (χ1n) is 9.34. The molecule has 166 valence electrons. The van der Waals surface area contributed by atoms with Crippen molar-refractivity contribution in [2.75, 3.05) is 13.3 Å². The maximum Gasteiger partial charge on any atom is 0.522 e. The van der Waals surface area contributed by atoms with Crippen LogP contribution in [0.15, 0.2) is 53.4 Å². The molecule has 1 N–H and O–H groups in total. The fourth-order valence-electron chi connectivity index (χ4n) is 2.66. The molecule has 2 aromatic rings. The standard InChI is InChI=1S/C20H26F3NO4SSi/c1-30(2,3)13-12-27-15-24-29(25,26)19-17(14-28-20(21,22)23)10-7-11-18(19)16-8-5-4-6-9-16/h4-11,24H,12-15H2,1-3H3. The number of ether oxygens (including phenoxy) is 2. The fraction of sp³-hybridized carbons (Fsp3) is 0.400. The highest BCUT2D eigenvalue weighted by molar-refractivity contribution is 7.89. The van der Waals surface area contributed by atoms with Gasteiger partial charge in [0, 0.05) is 20.2 Å². The zero-order chi connectivity index (χ0) is 22.4. The molecule has 0 saturated carbocycles. The molecule has 0 aromatic heterocycles. The van der Waals surface area contributed by atoms with Gasteiger partial charge in [-0.25, -0.2) is 8.42 Å². The van der Waals surface area contributed by atoms with Crippen LogP contribution in [0.5, 0.6) is 0 Å². The Labute approximate surface area is 176 Å². The lowest BCUT2D eigenvalue weighted by atomic mass is 10.0. The lowest BCUT2D eigenvalue weighted by Gasteiger charge is -2.18. The molecule has 0 aliphatic rings. The largest absolute Gasteiger partial charge is 0.522 e. The number of benzene rings is 2. The first-order valence-corrected chi connectivity index (χ1v) is 14.5. The second kappa shape index (κ2) is 10.1. The molecule has 0 fully saturated rings. The zero-order valence-corrected chi connectivity index (χ0v) is 18.9. The lowest BCUT2D eigenvalue weighted by Crippen LogP contribution is -2.29. The van der Waals surface area contributed by atoms with Crippen LogP contribution >= 0.6 is 0 Å². The minimum Gasteiger partial charge on any atom is -0.366 e. The molecule has 0 radical (unpaired) electrons. The Hall–Kier alpha value is -1.72. The van der Waals surface area contributed by atoms with Crippen LogP contribution in [0.2, 0.25) is 25.7 Å². The molecule has 5 nitrogen and oxygen atoms in total. The highest BCUT2D eigenvalue weighted by atomic mass is 32.2. The molecule has 0 aliphatic carbocycles. The van der Waals surface area contributed by atoms with E-state index >= 15 is 0 Å². The van der Waals surface area contributed by atoms with Crippen molar-refractivity contribution in [1.29, 1.82) is 0 Å². The van der Waals surface area contributed by atoms with Crippen LogP contribution in [0, 0.1) is 0 Å². The average Bonchev–Trinajstić information content (AvgIpc) is 2.65. The third kappa shape index (κ3) is 7.84. The Morgan fingerprint density at radius 2 is 1.67 bits per heavy atom. The van der Waals surface area contributed by atoms with Gasteiger partial charge in [0.15, 0.2) is 0 Å². The predicted octanol–water partition coefficient (Wildman–Crippen LogP) is 4.98. The van der Waals surface area contributed by atoms with Crippen molar-refractivity contribution in [3.05, 3.63) is 54.1 Å². The van der Waals surface area contributed by atoms with Gasteiger partial charge in [0.1, 0.15) is 6.73 Å². The molecule has 0 aliphatic heterocycles. The Morgan fingerprint density at radius 1 is 1.00 bits per heavy atom. The third-order valence-electron chi connectivity index (χ3n) is 4.19. The fourth-order valence-corrected chi connectivity index (χ4v) is 4.75. The van der Waals surface area contributed by atoms with Gasteiger partial charge in [-0.2, -0.15) is 4.72 Å². The quantitative estimate of drug-likeness (QED) is 0.308. The summed E-state index contributed by atoms with van der Waals surface area (Å²) in [6, 6.07) is 13.8. The maximum atomic E-state index is 13.0. The van der Waals surface area contributed by atoms with E-state index in [9.17, 15) is 21.6 Å². The zero-order valence-electron chi connectivity index (χ0n) is 17.1. The van der Waals surface area contributed by atoms with E-state index in [1.807, 2.05) is 0 Å². The van der Waals surface area contributed by atoms with E-state index in [4.69, 9.17) is 4.74 Å². The van der Waals surface area contributed by atoms with Crippen LogP contribution in [0.3, 0.4) is 0 Å². The van der Waals surface area contributed by atoms with Gasteiger partial charge in [0.05, 0.1) is 11.5 Å². The van der Waals surface area contributed by atoms with Crippen LogP contribution in [0.25, 0.3) is 11.1 Å². The number of halogens is 3. The van der Waals surface area contributed by atoms with Gasteiger partial charge in [0.2, 0.25) is 10.0 Å². The molecule has 0 bridgehead atoms. The molecule has 0 heterocycles. The molecule has 10 heteroatoms. The number of hydrogen-bond acceptors (Lipinski definition) is 4. The topological polar surface area (TPSA) is 64.6 Å². The minimum atomic E-state index is -4.88. The van der Waals surface area contributed by atoms with Crippen molar-refractivity contribution < 1.29 is 31.1 Å². The van der Waals surface area contributed by atoms with Gasteiger partial charge in [-0.3, -0.25) is 4.74 Å². The van der Waals surface area contributed by atoms with Gasteiger partial charge in [0.25, 0.3) is 0 Å². The molecule has 0 unspecified atom stereocenters. The van der Waals surface area contributed by atoms with E-state index in [0.29, 0.717) is 12.2 Å². The van der Waals surface area contributed by atoms with Crippen LogP contribution in [0.1, 0.15) is 5.56 Å². The molecule has 0 atom stereocenters. The second-order valence-corrected chi connectivity index (χ2v) is 15.2. The van der Waals surface area contributed by atoms with Crippen molar-refractivity contribution in [1.82, 2.24) is 4.72 Å². The number of sulfonamides is 1. The molecule has 2 rings (SSSR count). The van der Waals surface area contributed by atoms with Crippen molar-refractivity contribution in [3.8, 4) is 11.1 Å². The van der Waals surface area contributed by atoms with Crippen LogP contribution in [0.4, 0.5) is 13.2 Å². The molecule has 2 aromatic carbocycles. The van der Waals surface area contributed by atoms with Crippen molar-refractivity contribution in [2.24, 2.45) is 0 Å². The Kier molecular flexibility index (Phi) is 8.23. The third-order valence-corrected chi connectivity index (χ3v) is 7.41. The first kappa shape index (κ1) is 24.5. The van der Waals surface area contributed by atoms with Gasteiger partial charge in [-0.15, -0.1) is 13.2 Å². The Morgan fingerprint density at radius 3 is 2.27 bits per heavy atom. The van der Waals surface area contributed by atoms with E-state index < -0.39 is 31.1 Å². The van der Waals surface area contributed by atoms with Crippen molar-refractivity contribution in [3.63, 3.8) is 0 Å². The van der Waals surface area contributed by atoms with Crippen LogP contribution < -0.4 is 4.72 Å². The van der Waals surface area contributed by atoms with Crippen molar-refractivity contribution >= 4 is 18.1 Å². The number of nitrogens with one attached hydrogen (secondary N) is 1. The normalized spacial score (nSPS) is 12.9. The van der Waals surface area contributed by atoms with Crippen LogP contribution in [-0.4, -0.2) is 36.2 Å². The summed E-state index contributed by atoms with van der Waals surface area (Å²) < 4.78 is 75.4. The van der Waals surface area contributed by atoms with Gasteiger partial charge in [-0.05, 0) is 17.2 Å². The summed E-state index contributed by atoms with van der Waals surface area (Å²) in [5.74, 6) is 0. The van der Waals surface area contributed by atoms with E-state index in [1.54, 1.807) is 36.4 Å². The van der Waals surface area contributed by atoms with E-state index in [-0.39, 0.29) is 22.8 Å². The average molecular weight is 462 g/mol. The first-order chi connectivity index (χ1) is 13.9. The van der Waals surface area contributed by atoms with E-state index in [1.165, 1.54) is 12.1 Å². The Bertz CT molecular complexity index is 929. The number of alkyl halides is 3. The SMILES string of the molecule is C[Si](C)(C)CCOCNS(=O)(=O)c1c(COC(F)(F)F)cccc1-c1ccccc1. The van der Waals surface area contributed by atoms with Crippen LogP contribution in [-0.2, 0) is 26.1 Å². The second-order valence-electron chi connectivity index (χ2n) is 7.91. The van der Waals surface area contributed by atoms with Gasteiger partial charge in [-0.1, -0.05) is 68.2 Å². The summed E-state index contributed by atoms with van der Waals surface area (Å²) >= 11 is 0. The molecule has 0 amide bonds. The number of rotatable bonds is 10. The summed E-state index contributed by atoms with van der Waals surface area (Å²) in [6.45, 7) is 5.73. The highest BCUT2D eigenvalue weighted by Crippen LogP contribution is 2.32. The van der Waals surface area contributed by atoms with Gasteiger partial charge < -0.3 is 4.74 Å². The molecular weight excluding hydrogens is 435 g/mol. The lowest BCUT2D eigenvalue weighted by molar-refractivity contribution is -0.330. The monoisotopic (exact) mass is 461 g/mol. The van der Waals surface area contributed by atoms with E-state index in [0.717, 1.165) is 6.04 Å². The van der Waals surface area contributed by atoms with Crippen molar-refractivity contribution in [2.45, 2.75) is 43.5 Å². The highest BCUT2D eigenvalue weighted by Gasteiger charge is 2.31. The van der Waals surface area contributed by atoms with Gasteiger partial charge >= 0.3 is 6.36 Å². The maximum absolute atomic E-state index is 13.0. The smallest absolute Gasteiger partial charge is 0.366 e. The summed E-state index contributed by atoms with van der Waals surface area (Å²) in [6.07, 6.45) is -4.88. The molecule has 0 spiro atoms. The molecule has 30 heavy (non-hydrogen) atoms. The summed E-state index contributed by atoms with van der Waals surface area (Å²) in [4.78, 5) is -0.255. The molecule has 0 saturated heterocycles. The number of hydrogen-bond donors (Lipinski definition) is 1. The molecular formula is C20H26F3NO4SSi. The predicted molar refractivity (Wildman–Crippen MR) is 112 cm³/mol. The van der Waals surface area contributed by atoms with E-state index in [2.05, 4.69) is 29.1 Å².